The lowest BCUT2D eigenvalue weighted by Gasteiger charge is -2.32. The fraction of sp³-hybridized carbons (Fsp3) is 0.533. The number of rotatable bonds is 5. The van der Waals surface area contributed by atoms with Crippen molar-refractivity contribution in [1.82, 2.24) is 9.62 Å². The summed E-state index contributed by atoms with van der Waals surface area (Å²) in [7, 11) is -3.27. The maximum atomic E-state index is 12.4. The largest absolute Gasteiger partial charge is 0.352 e. The first-order valence-corrected chi connectivity index (χ1v) is 8.87. The molecule has 1 N–H and O–H groups in total. The van der Waals surface area contributed by atoms with E-state index in [1.165, 1.54) is 11.2 Å². The number of hydrogen-bond donors (Lipinski definition) is 1. The van der Waals surface area contributed by atoms with Crippen molar-refractivity contribution in [3.8, 4) is 0 Å². The quantitative estimate of drug-likeness (QED) is 0.887. The van der Waals surface area contributed by atoms with Crippen LogP contribution in [0.2, 0.25) is 0 Å². The molecule has 1 aliphatic rings. The van der Waals surface area contributed by atoms with E-state index in [0.717, 1.165) is 18.4 Å². The van der Waals surface area contributed by atoms with Gasteiger partial charge in [0.2, 0.25) is 15.9 Å². The molecule has 0 radical (unpaired) electrons. The van der Waals surface area contributed by atoms with Gasteiger partial charge in [-0.1, -0.05) is 30.3 Å². The van der Waals surface area contributed by atoms with Crippen LogP contribution in [0.5, 0.6) is 0 Å². The molecule has 0 aliphatic carbocycles. The lowest BCUT2D eigenvalue weighted by atomic mass is 10.1. The first kappa shape index (κ1) is 16.0. The van der Waals surface area contributed by atoms with Gasteiger partial charge in [-0.25, -0.2) is 8.42 Å². The number of benzene rings is 1. The standard InChI is InChI=1S/C15H22N2O3S/c1-13(18)16-15-8-5-10-17(12-15)21(19,20)11-9-14-6-3-2-4-7-14/h2-4,6-7,15H,5,8-12H2,1H3,(H,16,18)/t15-/m1/s1. The second kappa shape index (κ2) is 7.04. The smallest absolute Gasteiger partial charge is 0.217 e. The monoisotopic (exact) mass is 310 g/mol. The average molecular weight is 310 g/mol. The Morgan fingerprint density at radius 1 is 1.33 bits per heavy atom. The van der Waals surface area contributed by atoms with Crippen LogP contribution in [0.3, 0.4) is 0 Å². The number of nitrogens with zero attached hydrogens (tertiary/aromatic N) is 1. The molecule has 2 rings (SSSR count). The molecule has 0 saturated carbocycles. The highest BCUT2D eigenvalue weighted by Gasteiger charge is 2.28. The van der Waals surface area contributed by atoms with E-state index in [1.807, 2.05) is 30.3 Å². The Kier molecular flexibility index (Phi) is 5.36. The molecule has 0 unspecified atom stereocenters. The van der Waals surface area contributed by atoms with Crippen molar-refractivity contribution in [2.45, 2.75) is 32.2 Å². The molecule has 1 saturated heterocycles. The van der Waals surface area contributed by atoms with Gasteiger partial charge in [0, 0.05) is 26.1 Å². The minimum absolute atomic E-state index is 0.0669. The highest BCUT2D eigenvalue weighted by atomic mass is 32.2. The Morgan fingerprint density at radius 3 is 2.71 bits per heavy atom. The Morgan fingerprint density at radius 2 is 2.05 bits per heavy atom. The Bertz CT molecular complexity index is 572. The topological polar surface area (TPSA) is 66.5 Å². The molecule has 0 aromatic heterocycles. The lowest BCUT2D eigenvalue weighted by Crippen LogP contribution is -2.49. The molecule has 1 aliphatic heterocycles. The van der Waals surface area contributed by atoms with Crippen LogP contribution in [0.15, 0.2) is 30.3 Å². The minimum Gasteiger partial charge on any atom is -0.352 e. The van der Waals surface area contributed by atoms with Gasteiger partial charge in [0.1, 0.15) is 0 Å². The van der Waals surface area contributed by atoms with Crippen LogP contribution < -0.4 is 5.32 Å². The van der Waals surface area contributed by atoms with Crippen LogP contribution in [0.4, 0.5) is 0 Å². The number of carbonyl (C=O) groups excluding carboxylic acids is 1. The minimum atomic E-state index is -3.27. The third-order valence-corrected chi connectivity index (χ3v) is 5.51. The third-order valence-electron chi connectivity index (χ3n) is 3.68. The second-order valence-corrected chi connectivity index (χ2v) is 7.54. The first-order valence-electron chi connectivity index (χ1n) is 7.26. The summed E-state index contributed by atoms with van der Waals surface area (Å²) in [4.78, 5) is 11.1. The van der Waals surface area contributed by atoms with Crippen LogP contribution in [0.25, 0.3) is 0 Å². The molecule has 1 aromatic rings. The van der Waals surface area contributed by atoms with Crippen molar-refractivity contribution < 1.29 is 13.2 Å². The Hall–Kier alpha value is -1.40. The van der Waals surface area contributed by atoms with Gasteiger partial charge in [-0.05, 0) is 24.8 Å². The van der Waals surface area contributed by atoms with E-state index in [2.05, 4.69) is 5.32 Å². The molecule has 1 atom stereocenters. The number of sulfonamides is 1. The Labute approximate surface area is 126 Å². The average Bonchev–Trinajstić information content (AvgIpc) is 2.46. The molecule has 21 heavy (non-hydrogen) atoms. The van der Waals surface area contributed by atoms with Crippen molar-refractivity contribution in [2.75, 3.05) is 18.8 Å². The van der Waals surface area contributed by atoms with Crippen LogP contribution in [-0.4, -0.2) is 43.5 Å². The third kappa shape index (κ3) is 4.82. The predicted molar refractivity (Wildman–Crippen MR) is 82.3 cm³/mol. The molecule has 1 fully saturated rings. The van der Waals surface area contributed by atoms with Gasteiger partial charge in [-0.3, -0.25) is 4.79 Å². The van der Waals surface area contributed by atoms with Gasteiger partial charge in [0.05, 0.1) is 5.75 Å². The molecule has 6 heteroatoms. The van der Waals surface area contributed by atoms with Crippen LogP contribution in [0, 0.1) is 0 Å². The molecule has 1 heterocycles. The van der Waals surface area contributed by atoms with Crippen molar-refractivity contribution in [3.63, 3.8) is 0 Å². The molecule has 1 aromatic carbocycles. The summed E-state index contributed by atoms with van der Waals surface area (Å²) in [5.74, 6) is 0.00705. The summed E-state index contributed by atoms with van der Waals surface area (Å²) >= 11 is 0. The highest BCUT2D eigenvalue weighted by molar-refractivity contribution is 7.89. The van der Waals surface area contributed by atoms with E-state index in [0.29, 0.717) is 19.5 Å². The molecular weight excluding hydrogens is 288 g/mol. The van der Waals surface area contributed by atoms with E-state index in [1.54, 1.807) is 0 Å². The summed E-state index contributed by atoms with van der Waals surface area (Å²) in [6, 6.07) is 9.55. The molecular formula is C15H22N2O3S. The van der Waals surface area contributed by atoms with Gasteiger partial charge >= 0.3 is 0 Å². The fourth-order valence-electron chi connectivity index (χ4n) is 2.62. The summed E-state index contributed by atoms with van der Waals surface area (Å²) in [5, 5.41) is 2.81. The number of aryl methyl sites for hydroxylation is 1. The molecule has 1 amide bonds. The number of hydrogen-bond acceptors (Lipinski definition) is 3. The summed E-state index contributed by atoms with van der Waals surface area (Å²) in [5.41, 5.74) is 1.02. The zero-order chi connectivity index (χ0) is 15.3. The van der Waals surface area contributed by atoms with Crippen molar-refractivity contribution >= 4 is 15.9 Å². The van der Waals surface area contributed by atoms with E-state index in [4.69, 9.17) is 0 Å². The van der Waals surface area contributed by atoms with Crippen LogP contribution >= 0.6 is 0 Å². The van der Waals surface area contributed by atoms with E-state index >= 15 is 0 Å². The number of nitrogens with one attached hydrogen (secondary N) is 1. The van der Waals surface area contributed by atoms with Crippen LogP contribution in [-0.2, 0) is 21.2 Å². The van der Waals surface area contributed by atoms with Crippen molar-refractivity contribution in [1.29, 1.82) is 0 Å². The zero-order valence-electron chi connectivity index (χ0n) is 12.3. The second-order valence-electron chi connectivity index (χ2n) is 5.45. The lowest BCUT2D eigenvalue weighted by molar-refractivity contribution is -0.119. The molecule has 0 spiro atoms. The van der Waals surface area contributed by atoms with Crippen molar-refractivity contribution in [2.24, 2.45) is 0 Å². The number of carbonyl (C=O) groups is 1. The van der Waals surface area contributed by atoms with E-state index in [9.17, 15) is 13.2 Å². The van der Waals surface area contributed by atoms with E-state index in [-0.39, 0.29) is 17.7 Å². The molecule has 116 valence electrons. The predicted octanol–water partition coefficient (Wildman–Crippen LogP) is 1.16. The van der Waals surface area contributed by atoms with Gasteiger partial charge < -0.3 is 5.32 Å². The summed E-state index contributed by atoms with van der Waals surface area (Å²) in [6.07, 6.45) is 2.14. The molecule has 5 nitrogen and oxygen atoms in total. The first-order chi connectivity index (χ1) is 9.97. The van der Waals surface area contributed by atoms with E-state index < -0.39 is 10.0 Å². The van der Waals surface area contributed by atoms with Gasteiger partial charge in [0.25, 0.3) is 0 Å². The summed E-state index contributed by atoms with van der Waals surface area (Å²) < 4.78 is 26.3. The fourth-order valence-corrected chi connectivity index (χ4v) is 4.19. The Balaban J connectivity index is 1.93. The van der Waals surface area contributed by atoms with Gasteiger partial charge in [0.15, 0.2) is 0 Å². The zero-order valence-corrected chi connectivity index (χ0v) is 13.1. The number of amides is 1. The highest BCUT2D eigenvalue weighted by Crippen LogP contribution is 2.15. The van der Waals surface area contributed by atoms with Gasteiger partial charge in [-0.15, -0.1) is 0 Å². The number of piperidine rings is 1. The van der Waals surface area contributed by atoms with Gasteiger partial charge in [-0.2, -0.15) is 4.31 Å². The summed E-state index contributed by atoms with van der Waals surface area (Å²) in [6.45, 7) is 2.40. The maximum Gasteiger partial charge on any atom is 0.217 e. The van der Waals surface area contributed by atoms with Crippen LogP contribution in [0.1, 0.15) is 25.3 Å². The van der Waals surface area contributed by atoms with Crippen molar-refractivity contribution in [3.05, 3.63) is 35.9 Å². The molecule has 0 bridgehead atoms. The maximum absolute atomic E-state index is 12.4. The SMILES string of the molecule is CC(=O)N[C@@H]1CCCN(S(=O)(=O)CCc2ccccc2)C1. The normalized spacial score (nSPS) is 20.1.